The molecule has 0 aromatic carbocycles. The summed E-state index contributed by atoms with van der Waals surface area (Å²) in [6, 6.07) is 3.67. The Morgan fingerprint density at radius 1 is 1.00 bits per heavy atom. The second-order valence-electron chi connectivity index (χ2n) is 4.76. The van der Waals surface area contributed by atoms with Crippen molar-refractivity contribution in [1.82, 2.24) is 20.2 Å². The van der Waals surface area contributed by atoms with E-state index in [1.165, 1.54) is 0 Å². The smallest absolute Gasteiger partial charge is 0.286 e. The first kappa shape index (κ1) is 12.5. The highest BCUT2D eigenvalue weighted by molar-refractivity contribution is 5.57. The molecule has 0 unspecified atom stereocenters. The van der Waals surface area contributed by atoms with Gasteiger partial charge in [0, 0.05) is 18.3 Å². The fraction of sp³-hybridized carbons (Fsp3) is 0.286. The molecule has 3 heterocycles. The summed E-state index contributed by atoms with van der Waals surface area (Å²) in [5.41, 5.74) is 0.809. The van der Waals surface area contributed by atoms with Crippen LogP contribution in [0.3, 0.4) is 0 Å². The number of nitrogens with zero attached hydrogens (tertiary/aromatic N) is 4. The molecule has 0 aliphatic heterocycles. The first-order valence-electron chi connectivity index (χ1n) is 6.36. The Labute approximate surface area is 115 Å². The summed E-state index contributed by atoms with van der Waals surface area (Å²) in [5.74, 6) is 3.10. The molecule has 0 amide bonds. The molecule has 0 fully saturated rings. The third kappa shape index (κ3) is 2.20. The first-order chi connectivity index (χ1) is 9.65. The molecule has 0 N–H and O–H groups in total. The predicted octanol–water partition coefficient (Wildman–Crippen LogP) is 3.22. The summed E-state index contributed by atoms with van der Waals surface area (Å²) in [7, 11) is 0. The maximum Gasteiger partial charge on any atom is 0.286 e. The molecule has 0 saturated heterocycles. The van der Waals surface area contributed by atoms with E-state index in [9.17, 15) is 0 Å². The van der Waals surface area contributed by atoms with Gasteiger partial charge in [0.2, 0.25) is 5.82 Å². The Balaban J connectivity index is 1.98. The molecule has 0 bridgehead atoms. The molecule has 20 heavy (non-hydrogen) atoms. The van der Waals surface area contributed by atoms with Crippen LogP contribution in [-0.4, -0.2) is 20.2 Å². The van der Waals surface area contributed by atoms with Gasteiger partial charge >= 0.3 is 0 Å². The van der Waals surface area contributed by atoms with Gasteiger partial charge < -0.3 is 8.83 Å². The van der Waals surface area contributed by atoms with Crippen LogP contribution in [0, 0.1) is 6.92 Å². The molecule has 3 aromatic rings. The van der Waals surface area contributed by atoms with Crippen molar-refractivity contribution in [1.29, 1.82) is 0 Å². The van der Waals surface area contributed by atoms with Gasteiger partial charge in [-0.25, -0.2) is 9.97 Å². The Hall–Kier alpha value is -2.50. The number of aryl methyl sites for hydroxylation is 1. The van der Waals surface area contributed by atoms with Crippen LogP contribution in [0.25, 0.3) is 23.2 Å². The normalized spacial score (nSPS) is 11.2. The van der Waals surface area contributed by atoms with Crippen molar-refractivity contribution in [2.75, 3.05) is 0 Å². The molecule has 0 spiro atoms. The second-order valence-corrected chi connectivity index (χ2v) is 4.76. The average Bonchev–Trinajstić information content (AvgIpc) is 3.06. The fourth-order valence-corrected chi connectivity index (χ4v) is 1.83. The van der Waals surface area contributed by atoms with Gasteiger partial charge in [0.05, 0.1) is 5.56 Å². The lowest BCUT2D eigenvalue weighted by molar-refractivity contribution is 0.463. The molecule has 3 rings (SSSR count). The monoisotopic (exact) mass is 270 g/mol. The van der Waals surface area contributed by atoms with Crippen LogP contribution < -0.4 is 0 Å². The topological polar surface area (TPSA) is 77.8 Å². The molecule has 102 valence electrons. The van der Waals surface area contributed by atoms with E-state index in [0.717, 1.165) is 17.1 Å². The molecule has 0 saturated carbocycles. The molecule has 3 aromatic heterocycles. The molecule has 6 heteroatoms. The molecule has 0 aliphatic carbocycles. The third-order valence-electron chi connectivity index (χ3n) is 2.92. The third-order valence-corrected chi connectivity index (χ3v) is 2.92. The van der Waals surface area contributed by atoms with Crippen LogP contribution in [0.4, 0.5) is 0 Å². The Morgan fingerprint density at radius 3 is 2.35 bits per heavy atom. The number of hydrogen-bond acceptors (Lipinski definition) is 6. The number of furan rings is 1. The minimum Gasteiger partial charge on any atom is -0.465 e. The van der Waals surface area contributed by atoms with Crippen LogP contribution in [0.5, 0.6) is 0 Å². The van der Waals surface area contributed by atoms with Gasteiger partial charge in [-0.3, -0.25) is 0 Å². The second kappa shape index (κ2) is 4.88. The summed E-state index contributed by atoms with van der Waals surface area (Å²) < 4.78 is 11.3. The van der Waals surface area contributed by atoms with Gasteiger partial charge in [-0.15, -0.1) is 10.2 Å². The van der Waals surface area contributed by atoms with Crippen LogP contribution in [0.2, 0.25) is 0 Å². The van der Waals surface area contributed by atoms with Gasteiger partial charge in [-0.2, -0.15) is 0 Å². The van der Waals surface area contributed by atoms with Crippen LogP contribution in [-0.2, 0) is 0 Å². The SMILES string of the molecule is Cc1oc(C(C)C)cc1-c1nnc(-c2ncccn2)o1. The van der Waals surface area contributed by atoms with Crippen molar-refractivity contribution in [3.05, 3.63) is 36.0 Å². The summed E-state index contributed by atoms with van der Waals surface area (Å²) in [4.78, 5) is 8.16. The number of hydrogen-bond donors (Lipinski definition) is 0. The highest BCUT2D eigenvalue weighted by Gasteiger charge is 2.18. The largest absolute Gasteiger partial charge is 0.465 e. The lowest BCUT2D eigenvalue weighted by Gasteiger charge is -1.95. The molecule has 0 aliphatic rings. The average molecular weight is 270 g/mol. The highest BCUT2D eigenvalue weighted by Crippen LogP contribution is 2.30. The summed E-state index contributed by atoms with van der Waals surface area (Å²) in [5, 5.41) is 8.01. The zero-order valence-electron chi connectivity index (χ0n) is 11.5. The summed E-state index contributed by atoms with van der Waals surface area (Å²) in [6.07, 6.45) is 3.26. The summed E-state index contributed by atoms with van der Waals surface area (Å²) in [6.45, 7) is 6.02. The first-order valence-corrected chi connectivity index (χ1v) is 6.36. The molecule has 0 atom stereocenters. The van der Waals surface area contributed by atoms with E-state index in [4.69, 9.17) is 8.83 Å². The zero-order valence-corrected chi connectivity index (χ0v) is 11.5. The van der Waals surface area contributed by atoms with Crippen LogP contribution in [0.15, 0.2) is 33.4 Å². The molecular weight excluding hydrogens is 256 g/mol. The highest BCUT2D eigenvalue weighted by atomic mass is 16.4. The lowest BCUT2D eigenvalue weighted by Crippen LogP contribution is -1.85. The standard InChI is InChI=1S/C14H14N4O2/c1-8(2)11-7-10(9(3)19-11)13-17-18-14(20-13)12-15-5-4-6-16-12/h4-8H,1-3H3. The van der Waals surface area contributed by atoms with Gasteiger partial charge in [0.1, 0.15) is 11.5 Å². The van der Waals surface area contributed by atoms with Crippen molar-refractivity contribution in [2.45, 2.75) is 26.7 Å². The van der Waals surface area contributed by atoms with E-state index < -0.39 is 0 Å². The van der Waals surface area contributed by atoms with E-state index in [0.29, 0.717) is 23.5 Å². The van der Waals surface area contributed by atoms with E-state index in [1.807, 2.05) is 13.0 Å². The maximum absolute atomic E-state index is 5.69. The van der Waals surface area contributed by atoms with E-state index in [1.54, 1.807) is 18.5 Å². The van der Waals surface area contributed by atoms with Gasteiger partial charge in [-0.1, -0.05) is 13.8 Å². The van der Waals surface area contributed by atoms with E-state index in [-0.39, 0.29) is 0 Å². The van der Waals surface area contributed by atoms with Crippen molar-refractivity contribution < 1.29 is 8.83 Å². The Bertz CT molecular complexity index is 716. The van der Waals surface area contributed by atoms with E-state index >= 15 is 0 Å². The van der Waals surface area contributed by atoms with Crippen molar-refractivity contribution in [2.24, 2.45) is 0 Å². The number of aromatic nitrogens is 4. The maximum atomic E-state index is 5.69. The van der Waals surface area contributed by atoms with Crippen LogP contribution in [0.1, 0.15) is 31.3 Å². The molecular formula is C14H14N4O2. The fourth-order valence-electron chi connectivity index (χ4n) is 1.83. The minimum atomic E-state index is 0.298. The van der Waals surface area contributed by atoms with Crippen molar-refractivity contribution in [3.8, 4) is 23.2 Å². The lowest BCUT2D eigenvalue weighted by atomic mass is 10.1. The van der Waals surface area contributed by atoms with Crippen molar-refractivity contribution in [3.63, 3.8) is 0 Å². The zero-order chi connectivity index (χ0) is 14.1. The van der Waals surface area contributed by atoms with Gasteiger partial charge in [0.15, 0.2) is 0 Å². The number of rotatable bonds is 3. The van der Waals surface area contributed by atoms with E-state index in [2.05, 4.69) is 34.0 Å². The minimum absolute atomic E-state index is 0.298. The predicted molar refractivity (Wildman–Crippen MR) is 71.9 cm³/mol. The summed E-state index contributed by atoms with van der Waals surface area (Å²) >= 11 is 0. The molecule has 0 radical (unpaired) electrons. The van der Waals surface area contributed by atoms with Gasteiger partial charge in [-0.05, 0) is 19.1 Å². The quantitative estimate of drug-likeness (QED) is 0.727. The van der Waals surface area contributed by atoms with Crippen LogP contribution >= 0.6 is 0 Å². The van der Waals surface area contributed by atoms with Crippen molar-refractivity contribution >= 4 is 0 Å². The Morgan fingerprint density at radius 2 is 1.70 bits per heavy atom. The Kier molecular flexibility index (Phi) is 3.06. The molecule has 6 nitrogen and oxygen atoms in total. The van der Waals surface area contributed by atoms with Gasteiger partial charge in [0.25, 0.3) is 11.8 Å².